The molecule has 0 bridgehead atoms. The molecular weight excluding hydrogens is 404 g/mol. The van der Waals surface area contributed by atoms with Crippen LogP contribution >= 0.6 is 0 Å². The normalized spacial score (nSPS) is 23.6. The van der Waals surface area contributed by atoms with Crippen molar-refractivity contribution in [1.82, 2.24) is 15.5 Å². The number of rotatable bonds is 6. The molecule has 2 aliphatic heterocycles. The largest absolute Gasteiger partial charge is 0.494 e. The zero-order valence-corrected chi connectivity index (χ0v) is 19.8. The van der Waals surface area contributed by atoms with Gasteiger partial charge in [0.25, 0.3) is 0 Å². The fourth-order valence-electron chi connectivity index (χ4n) is 5.16. The van der Waals surface area contributed by atoms with E-state index in [-0.39, 0.29) is 18.1 Å². The van der Waals surface area contributed by atoms with Crippen LogP contribution in [-0.2, 0) is 17.8 Å². The maximum atomic E-state index is 12.9. The van der Waals surface area contributed by atoms with E-state index in [0.29, 0.717) is 19.1 Å². The van der Waals surface area contributed by atoms with Crippen molar-refractivity contribution in [1.29, 1.82) is 0 Å². The lowest BCUT2D eigenvalue weighted by Crippen LogP contribution is -2.45. The number of ether oxygens (including phenoxy) is 2. The van der Waals surface area contributed by atoms with Gasteiger partial charge < -0.3 is 25.0 Å². The minimum atomic E-state index is 0.207. The lowest BCUT2D eigenvalue weighted by molar-refractivity contribution is -0.135. The molecule has 0 radical (unpaired) electrons. The third kappa shape index (κ3) is 5.30. The molecule has 1 saturated heterocycles. The zero-order valence-electron chi connectivity index (χ0n) is 19.8. The van der Waals surface area contributed by atoms with Gasteiger partial charge in [-0.2, -0.15) is 0 Å². The van der Waals surface area contributed by atoms with Crippen molar-refractivity contribution in [3.05, 3.63) is 23.3 Å². The molecular formula is C25H38N4O3. The molecule has 1 amide bonds. The SMILES string of the molecule is CCOc1cc2c(cc1CNC(=NC)NC1CCN(C(=O)C3CCCCC3)C1)OC(C)C2. The van der Waals surface area contributed by atoms with Gasteiger partial charge in [0.1, 0.15) is 17.6 Å². The molecule has 7 nitrogen and oxygen atoms in total. The molecule has 2 unspecified atom stereocenters. The minimum absolute atomic E-state index is 0.207. The van der Waals surface area contributed by atoms with E-state index in [1.807, 2.05) is 11.8 Å². The second-order valence-corrected chi connectivity index (χ2v) is 9.31. The highest BCUT2D eigenvalue weighted by Crippen LogP contribution is 2.35. The van der Waals surface area contributed by atoms with Crippen LogP contribution in [0.3, 0.4) is 0 Å². The van der Waals surface area contributed by atoms with Crippen molar-refractivity contribution in [3.63, 3.8) is 0 Å². The van der Waals surface area contributed by atoms with Gasteiger partial charge in [0, 0.05) is 56.2 Å². The van der Waals surface area contributed by atoms with Crippen LogP contribution in [0.2, 0.25) is 0 Å². The molecule has 1 aromatic carbocycles. The Kier molecular flexibility index (Phi) is 7.43. The quantitative estimate of drug-likeness (QED) is 0.523. The van der Waals surface area contributed by atoms with E-state index in [2.05, 4.69) is 34.7 Å². The maximum absolute atomic E-state index is 12.9. The van der Waals surface area contributed by atoms with Gasteiger partial charge in [0.15, 0.2) is 5.96 Å². The van der Waals surface area contributed by atoms with Gasteiger partial charge in [0.2, 0.25) is 5.91 Å². The van der Waals surface area contributed by atoms with Crippen molar-refractivity contribution in [2.45, 2.75) is 77.5 Å². The molecule has 2 heterocycles. The first-order chi connectivity index (χ1) is 15.6. The fourth-order valence-corrected chi connectivity index (χ4v) is 5.16. The van der Waals surface area contributed by atoms with Crippen LogP contribution in [0, 0.1) is 5.92 Å². The Morgan fingerprint density at radius 3 is 2.81 bits per heavy atom. The van der Waals surface area contributed by atoms with E-state index in [0.717, 1.165) is 61.8 Å². The molecule has 1 aliphatic carbocycles. The van der Waals surface area contributed by atoms with Gasteiger partial charge in [0.05, 0.1) is 6.61 Å². The standard InChI is InChI=1S/C25H38N4O3/c1-4-31-22-13-19-12-17(2)32-23(19)14-20(22)15-27-25(26-3)28-21-10-11-29(16-21)24(30)18-8-6-5-7-9-18/h13-14,17-18,21H,4-12,15-16H2,1-3H3,(H2,26,27,28). The van der Waals surface area contributed by atoms with Crippen molar-refractivity contribution in [2.75, 3.05) is 26.7 Å². The van der Waals surface area contributed by atoms with Gasteiger partial charge in [-0.3, -0.25) is 9.79 Å². The highest BCUT2D eigenvalue weighted by Gasteiger charge is 2.32. The van der Waals surface area contributed by atoms with Crippen LogP contribution in [-0.4, -0.2) is 55.7 Å². The summed E-state index contributed by atoms with van der Waals surface area (Å²) in [6.45, 7) is 6.90. The smallest absolute Gasteiger partial charge is 0.225 e. The summed E-state index contributed by atoms with van der Waals surface area (Å²) in [6.07, 6.45) is 7.86. The summed E-state index contributed by atoms with van der Waals surface area (Å²) in [4.78, 5) is 19.3. The Morgan fingerprint density at radius 1 is 1.25 bits per heavy atom. The monoisotopic (exact) mass is 442 g/mol. The van der Waals surface area contributed by atoms with Crippen LogP contribution in [0.5, 0.6) is 11.5 Å². The van der Waals surface area contributed by atoms with Crippen LogP contribution < -0.4 is 20.1 Å². The predicted octanol–water partition coefficient (Wildman–Crippen LogP) is 3.25. The average molecular weight is 443 g/mol. The summed E-state index contributed by atoms with van der Waals surface area (Å²) in [5, 5.41) is 6.93. The van der Waals surface area contributed by atoms with Crippen molar-refractivity contribution >= 4 is 11.9 Å². The van der Waals surface area contributed by atoms with Crippen molar-refractivity contribution in [3.8, 4) is 11.5 Å². The number of likely N-dealkylation sites (tertiary alicyclic amines) is 1. The molecule has 2 N–H and O–H groups in total. The molecule has 32 heavy (non-hydrogen) atoms. The molecule has 0 spiro atoms. The Bertz CT molecular complexity index is 835. The number of nitrogens with zero attached hydrogens (tertiary/aromatic N) is 2. The first kappa shape index (κ1) is 22.7. The first-order valence-electron chi connectivity index (χ1n) is 12.3. The third-order valence-electron chi connectivity index (χ3n) is 6.84. The van der Waals surface area contributed by atoms with Gasteiger partial charge in [-0.15, -0.1) is 0 Å². The molecule has 0 aromatic heterocycles. The highest BCUT2D eigenvalue weighted by molar-refractivity contribution is 5.81. The van der Waals surface area contributed by atoms with Gasteiger partial charge >= 0.3 is 0 Å². The highest BCUT2D eigenvalue weighted by atomic mass is 16.5. The lowest BCUT2D eigenvalue weighted by Gasteiger charge is -2.26. The van der Waals surface area contributed by atoms with E-state index in [9.17, 15) is 4.79 Å². The fraction of sp³-hybridized carbons (Fsp3) is 0.680. The Hall–Kier alpha value is -2.44. The lowest BCUT2D eigenvalue weighted by atomic mass is 9.88. The van der Waals surface area contributed by atoms with Crippen LogP contribution in [0.25, 0.3) is 0 Å². The number of nitrogens with one attached hydrogen (secondary N) is 2. The molecule has 2 atom stereocenters. The van der Waals surface area contributed by atoms with E-state index in [4.69, 9.17) is 9.47 Å². The zero-order chi connectivity index (χ0) is 22.5. The van der Waals surface area contributed by atoms with Gasteiger partial charge in [-0.05, 0) is 45.2 Å². The van der Waals surface area contributed by atoms with E-state index >= 15 is 0 Å². The number of benzene rings is 1. The minimum Gasteiger partial charge on any atom is -0.494 e. The summed E-state index contributed by atoms with van der Waals surface area (Å²) >= 11 is 0. The van der Waals surface area contributed by atoms with Crippen LogP contribution in [0.15, 0.2) is 17.1 Å². The number of aliphatic imine (C=N–C) groups is 1. The van der Waals surface area contributed by atoms with E-state index in [1.54, 1.807) is 7.05 Å². The third-order valence-corrected chi connectivity index (χ3v) is 6.84. The molecule has 1 saturated carbocycles. The molecule has 4 rings (SSSR count). The second-order valence-electron chi connectivity index (χ2n) is 9.31. The summed E-state index contributed by atoms with van der Waals surface area (Å²) in [5.41, 5.74) is 2.27. The van der Waals surface area contributed by atoms with Gasteiger partial charge in [-0.25, -0.2) is 0 Å². The summed E-state index contributed by atoms with van der Waals surface area (Å²) in [7, 11) is 1.78. The Balaban J connectivity index is 1.32. The second kappa shape index (κ2) is 10.5. The van der Waals surface area contributed by atoms with Gasteiger partial charge in [-0.1, -0.05) is 19.3 Å². The van der Waals surface area contributed by atoms with Crippen molar-refractivity contribution < 1.29 is 14.3 Å². The summed E-state index contributed by atoms with van der Waals surface area (Å²) < 4.78 is 11.8. The number of hydrogen-bond donors (Lipinski definition) is 2. The molecule has 2 fully saturated rings. The molecule has 176 valence electrons. The average Bonchev–Trinajstić information content (AvgIpc) is 3.42. The molecule has 3 aliphatic rings. The number of carbonyl (C=O) groups is 1. The van der Waals surface area contributed by atoms with Crippen molar-refractivity contribution in [2.24, 2.45) is 10.9 Å². The topological polar surface area (TPSA) is 75.2 Å². The number of fused-ring (bicyclic) bond motifs is 1. The number of guanidine groups is 1. The Morgan fingerprint density at radius 2 is 2.06 bits per heavy atom. The predicted molar refractivity (Wildman–Crippen MR) is 126 cm³/mol. The van der Waals surface area contributed by atoms with Crippen LogP contribution in [0.1, 0.15) is 63.5 Å². The summed E-state index contributed by atoms with van der Waals surface area (Å²) in [6, 6.07) is 4.43. The van der Waals surface area contributed by atoms with E-state index < -0.39 is 0 Å². The molecule has 1 aromatic rings. The number of hydrogen-bond acceptors (Lipinski definition) is 4. The van der Waals surface area contributed by atoms with E-state index in [1.165, 1.54) is 24.8 Å². The number of carbonyl (C=O) groups excluding carboxylic acids is 1. The maximum Gasteiger partial charge on any atom is 0.225 e. The summed E-state index contributed by atoms with van der Waals surface area (Å²) in [5.74, 6) is 3.19. The Labute approximate surface area is 191 Å². The first-order valence-corrected chi connectivity index (χ1v) is 12.3. The number of amides is 1. The van der Waals surface area contributed by atoms with Crippen LogP contribution in [0.4, 0.5) is 0 Å². The molecule has 7 heteroatoms.